The summed E-state index contributed by atoms with van der Waals surface area (Å²) in [6.07, 6.45) is 0.456. The van der Waals surface area contributed by atoms with E-state index in [-0.39, 0.29) is 24.1 Å². The largest absolute Gasteiger partial charge is 0.480 e. The van der Waals surface area contributed by atoms with Crippen molar-refractivity contribution in [3.05, 3.63) is 65.0 Å². The van der Waals surface area contributed by atoms with E-state index in [1.165, 1.54) is 0 Å². The average molecular weight is 378 g/mol. The monoisotopic (exact) mass is 378 g/mol. The molecule has 2 aromatic carbocycles. The first-order valence-electron chi connectivity index (χ1n) is 7.84. The van der Waals surface area contributed by atoms with Gasteiger partial charge in [0.1, 0.15) is 11.4 Å². The molecular formula is C18H13F3N2O4. The second kappa shape index (κ2) is 6.75. The number of amides is 2. The molecule has 27 heavy (non-hydrogen) atoms. The Balaban J connectivity index is 1.79. The van der Waals surface area contributed by atoms with Gasteiger partial charge < -0.3 is 15.7 Å². The number of benzene rings is 2. The molecule has 0 atom stereocenters. The number of hydrogen-bond acceptors (Lipinski definition) is 3. The Morgan fingerprint density at radius 3 is 2.15 bits per heavy atom. The molecule has 3 rings (SSSR count). The zero-order valence-electron chi connectivity index (χ0n) is 13.7. The lowest BCUT2D eigenvalue weighted by atomic mass is 10.1. The number of carboxylic acid groups (broad SMARTS) is 1. The minimum atomic E-state index is -1.41. The van der Waals surface area contributed by atoms with Crippen molar-refractivity contribution in [3.63, 3.8) is 0 Å². The Morgan fingerprint density at radius 2 is 1.56 bits per heavy atom. The molecule has 0 aromatic heterocycles. The van der Waals surface area contributed by atoms with Crippen LogP contribution in [0.2, 0.25) is 0 Å². The maximum absolute atomic E-state index is 14.0. The van der Waals surface area contributed by atoms with Gasteiger partial charge in [-0.1, -0.05) is 0 Å². The van der Waals surface area contributed by atoms with Gasteiger partial charge in [0.15, 0.2) is 11.6 Å². The molecule has 1 saturated carbocycles. The Hall–Kier alpha value is -3.36. The normalized spacial score (nSPS) is 14.3. The molecule has 1 aliphatic carbocycles. The zero-order chi connectivity index (χ0) is 19.8. The lowest BCUT2D eigenvalue weighted by molar-refractivity contribution is -0.140. The van der Waals surface area contributed by atoms with Crippen molar-refractivity contribution in [3.8, 4) is 0 Å². The number of carboxylic acids is 1. The molecule has 0 bridgehead atoms. The Morgan fingerprint density at radius 1 is 0.889 bits per heavy atom. The molecule has 2 aromatic rings. The smallest absolute Gasteiger partial charge is 0.329 e. The van der Waals surface area contributed by atoms with E-state index in [2.05, 4.69) is 10.6 Å². The van der Waals surface area contributed by atoms with Crippen LogP contribution in [-0.4, -0.2) is 28.4 Å². The third kappa shape index (κ3) is 3.76. The summed E-state index contributed by atoms with van der Waals surface area (Å²) in [5.74, 6) is -6.14. The third-order valence-corrected chi connectivity index (χ3v) is 4.16. The summed E-state index contributed by atoms with van der Waals surface area (Å²) < 4.78 is 40.1. The lowest BCUT2D eigenvalue weighted by Crippen LogP contribution is -2.43. The van der Waals surface area contributed by atoms with Crippen LogP contribution in [-0.2, 0) is 4.79 Å². The van der Waals surface area contributed by atoms with Crippen molar-refractivity contribution in [1.29, 1.82) is 0 Å². The third-order valence-electron chi connectivity index (χ3n) is 4.16. The van der Waals surface area contributed by atoms with Gasteiger partial charge >= 0.3 is 5.97 Å². The van der Waals surface area contributed by atoms with Crippen molar-refractivity contribution < 1.29 is 32.7 Å². The molecule has 0 radical (unpaired) electrons. The maximum atomic E-state index is 14.0. The number of rotatable bonds is 5. The van der Waals surface area contributed by atoms with Crippen molar-refractivity contribution in [2.45, 2.75) is 18.4 Å². The minimum absolute atomic E-state index is 0.0305. The van der Waals surface area contributed by atoms with Crippen LogP contribution < -0.4 is 10.6 Å². The van der Waals surface area contributed by atoms with E-state index >= 15 is 0 Å². The Bertz CT molecular complexity index is 958. The molecule has 140 valence electrons. The Labute approximate surface area is 151 Å². The van der Waals surface area contributed by atoms with Gasteiger partial charge in [-0.2, -0.15) is 0 Å². The summed E-state index contributed by atoms with van der Waals surface area (Å²) in [4.78, 5) is 35.6. The van der Waals surface area contributed by atoms with E-state index in [4.69, 9.17) is 5.11 Å². The van der Waals surface area contributed by atoms with Crippen molar-refractivity contribution in [2.75, 3.05) is 5.32 Å². The standard InChI is InChI=1S/C18H13F3N2O4/c19-12-3-1-9(15(24)22-10-2-4-13(20)14(21)8-10)7-11(12)16(25)23-18(5-6-18)17(26)27/h1-4,7-8H,5-6H2,(H,22,24)(H,23,25)(H,26,27). The highest BCUT2D eigenvalue weighted by atomic mass is 19.2. The molecule has 2 amide bonds. The SMILES string of the molecule is O=C(Nc1ccc(F)c(F)c1)c1ccc(F)c(C(=O)NC2(C(=O)O)CC2)c1. The van der Waals surface area contributed by atoms with E-state index in [1.807, 2.05) is 0 Å². The second-order valence-electron chi connectivity index (χ2n) is 6.12. The first kappa shape index (κ1) is 18.4. The van der Waals surface area contributed by atoms with Crippen LogP contribution in [0.4, 0.5) is 18.9 Å². The minimum Gasteiger partial charge on any atom is -0.480 e. The topological polar surface area (TPSA) is 95.5 Å². The van der Waals surface area contributed by atoms with E-state index < -0.39 is 46.3 Å². The van der Waals surface area contributed by atoms with Crippen LogP contribution >= 0.6 is 0 Å². The van der Waals surface area contributed by atoms with Crippen molar-refractivity contribution in [1.82, 2.24) is 5.32 Å². The highest BCUT2D eigenvalue weighted by Crippen LogP contribution is 2.36. The van der Waals surface area contributed by atoms with Gasteiger partial charge in [-0.05, 0) is 43.2 Å². The highest BCUT2D eigenvalue weighted by Gasteiger charge is 2.51. The van der Waals surface area contributed by atoms with Gasteiger partial charge in [0.25, 0.3) is 11.8 Å². The van der Waals surface area contributed by atoms with Crippen LogP contribution in [0, 0.1) is 17.5 Å². The molecule has 0 unspecified atom stereocenters. The molecule has 6 nitrogen and oxygen atoms in total. The van der Waals surface area contributed by atoms with E-state index in [0.29, 0.717) is 0 Å². The number of anilines is 1. The summed E-state index contributed by atoms with van der Waals surface area (Å²) in [6, 6.07) is 5.68. The number of halogens is 3. The number of hydrogen-bond donors (Lipinski definition) is 3. The van der Waals surface area contributed by atoms with E-state index in [0.717, 1.165) is 36.4 Å². The molecular weight excluding hydrogens is 365 g/mol. The van der Waals surface area contributed by atoms with Gasteiger partial charge in [-0.15, -0.1) is 0 Å². The van der Waals surface area contributed by atoms with Gasteiger partial charge in [0.2, 0.25) is 0 Å². The predicted molar refractivity (Wildman–Crippen MR) is 87.8 cm³/mol. The number of aliphatic carboxylic acids is 1. The van der Waals surface area contributed by atoms with Gasteiger partial charge in [-0.25, -0.2) is 18.0 Å². The van der Waals surface area contributed by atoms with Crippen LogP contribution in [0.3, 0.4) is 0 Å². The summed E-state index contributed by atoms with van der Waals surface area (Å²) in [5.41, 5.74) is -2.06. The fraction of sp³-hybridized carbons (Fsp3) is 0.167. The molecule has 1 fully saturated rings. The summed E-state index contributed by atoms with van der Waals surface area (Å²) >= 11 is 0. The van der Waals surface area contributed by atoms with Crippen molar-refractivity contribution >= 4 is 23.5 Å². The first-order chi connectivity index (χ1) is 12.7. The fourth-order valence-corrected chi connectivity index (χ4v) is 2.42. The maximum Gasteiger partial charge on any atom is 0.329 e. The lowest BCUT2D eigenvalue weighted by Gasteiger charge is -2.13. The zero-order valence-corrected chi connectivity index (χ0v) is 13.7. The Kier molecular flexibility index (Phi) is 4.61. The van der Waals surface area contributed by atoms with Crippen LogP contribution in [0.5, 0.6) is 0 Å². The van der Waals surface area contributed by atoms with Crippen LogP contribution in [0.1, 0.15) is 33.6 Å². The van der Waals surface area contributed by atoms with Gasteiger partial charge in [-0.3, -0.25) is 9.59 Å². The number of carbonyl (C=O) groups is 3. The molecule has 0 spiro atoms. The second-order valence-corrected chi connectivity index (χ2v) is 6.12. The fourth-order valence-electron chi connectivity index (χ4n) is 2.42. The molecule has 0 heterocycles. The number of nitrogens with one attached hydrogen (secondary N) is 2. The van der Waals surface area contributed by atoms with Crippen LogP contribution in [0.15, 0.2) is 36.4 Å². The van der Waals surface area contributed by atoms with Gasteiger partial charge in [0.05, 0.1) is 5.56 Å². The highest BCUT2D eigenvalue weighted by molar-refractivity contribution is 6.06. The molecule has 3 N–H and O–H groups in total. The first-order valence-corrected chi connectivity index (χ1v) is 7.84. The molecule has 0 aliphatic heterocycles. The molecule has 1 aliphatic rings. The van der Waals surface area contributed by atoms with E-state index in [1.54, 1.807) is 0 Å². The van der Waals surface area contributed by atoms with Crippen LogP contribution in [0.25, 0.3) is 0 Å². The van der Waals surface area contributed by atoms with Gasteiger partial charge in [0, 0.05) is 17.3 Å². The molecule has 0 saturated heterocycles. The summed E-state index contributed by atoms with van der Waals surface area (Å²) in [5, 5.41) is 13.6. The van der Waals surface area contributed by atoms with E-state index in [9.17, 15) is 27.6 Å². The average Bonchev–Trinajstić information content (AvgIpc) is 3.39. The quantitative estimate of drug-likeness (QED) is 0.746. The van der Waals surface area contributed by atoms with Crippen molar-refractivity contribution in [2.24, 2.45) is 0 Å². The predicted octanol–water partition coefficient (Wildman–Crippen LogP) is 2.70. The number of carbonyl (C=O) groups excluding carboxylic acids is 2. The summed E-state index contributed by atoms with van der Waals surface area (Å²) in [7, 11) is 0. The molecule has 9 heteroatoms. The summed E-state index contributed by atoms with van der Waals surface area (Å²) in [6.45, 7) is 0.